The predicted octanol–water partition coefficient (Wildman–Crippen LogP) is 5.38. The average Bonchev–Trinajstić information content (AvgIpc) is 3.06. The zero-order chi connectivity index (χ0) is 27.9. The highest BCUT2D eigenvalue weighted by Crippen LogP contribution is 2.47. The zero-order valence-electron chi connectivity index (χ0n) is 23.2. The van der Waals surface area contributed by atoms with Gasteiger partial charge in [0.05, 0.1) is 12.3 Å². The summed E-state index contributed by atoms with van der Waals surface area (Å²) in [5.41, 5.74) is 3.82. The number of nitrogens with zero attached hydrogens (tertiary/aromatic N) is 1. The summed E-state index contributed by atoms with van der Waals surface area (Å²) in [6.07, 6.45) is 9.04. The number of nitrogens with one attached hydrogen (secondary N) is 1. The highest BCUT2D eigenvalue weighted by molar-refractivity contribution is 7.99. The molecule has 1 amide bonds. The summed E-state index contributed by atoms with van der Waals surface area (Å²) in [6.45, 7) is 2.43. The molecular formula is C32H41ClN2O4S. The lowest BCUT2D eigenvalue weighted by atomic mass is 9.65. The topological polar surface area (TPSA) is 78.9 Å². The number of benzene rings is 2. The molecule has 0 saturated heterocycles. The van der Waals surface area contributed by atoms with E-state index >= 15 is 0 Å². The molecule has 216 valence electrons. The van der Waals surface area contributed by atoms with Gasteiger partial charge in [-0.25, -0.2) is 4.21 Å². The fraction of sp³-hybridized carbons (Fsp3) is 0.562. The van der Waals surface area contributed by atoms with Crippen molar-refractivity contribution in [2.45, 2.75) is 63.2 Å². The molecule has 0 radical (unpaired) electrons. The van der Waals surface area contributed by atoms with Crippen molar-refractivity contribution in [1.82, 2.24) is 4.72 Å². The number of amides is 1. The molecule has 40 heavy (non-hydrogen) atoms. The molecule has 2 N–H and O–H groups in total. The van der Waals surface area contributed by atoms with Gasteiger partial charge in [0.15, 0.2) is 0 Å². The first-order chi connectivity index (χ1) is 19.3. The molecule has 2 bridgehead atoms. The molecule has 1 saturated carbocycles. The van der Waals surface area contributed by atoms with Gasteiger partial charge in [0.1, 0.15) is 5.75 Å². The van der Waals surface area contributed by atoms with Crippen LogP contribution in [0.3, 0.4) is 0 Å². The molecule has 1 unspecified atom stereocenters. The number of aryl methyl sites for hydroxylation is 1. The molecule has 2 aromatic carbocycles. The fourth-order valence-electron chi connectivity index (χ4n) is 7.62. The number of anilines is 1. The Hall–Kier alpha value is -2.22. The number of hydrogen-bond acceptors (Lipinski definition) is 5. The van der Waals surface area contributed by atoms with E-state index in [0.29, 0.717) is 29.8 Å². The molecule has 5 atom stereocenters. The van der Waals surface area contributed by atoms with E-state index in [1.54, 1.807) is 6.07 Å². The van der Waals surface area contributed by atoms with E-state index in [1.807, 2.05) is 18.2 Å². The van der Waals surface area contributed by atoms with Crippen molar-refractivity contribution in [3.05, 3.63) is 58.1 Å². The van der Waals surface area contributed by atoms with E-state index in [9.17, 15) is 14.1 Å². The fourth-order valence-corrected chi connectivity index (χ4v) is 9.04. The number of aliphatic hydroxyl groups is 1. The molecule has 6 nitrogen and oxygen atoms in total. The van der Waals surface area contributed by atoms with Crippen molar-refractivity contribution < 1.29 is 18.8 Å². The Morgan fingerprint density at radius 1 is 1.12 bits per heavy atom. The Kier molecular flexibility index (Phi) is 7.83. The number of hydrogen-bond donors (Lipinski definition) is 2. The highest BCUT2D eigenvalue weighted by atomic mass is 35.5. The van der Waals surface area contributed by atoms with Crippen LogP contribution in [-0.4, -0.2) is 53.1 Å². The summed E-state index contributed by atoms with van der Waals surface area (Å²) in [6, 6.07) is 11.9. The van der Waals surface area contributed by atoms with Gasteiger partial charge in [-0.3, -0.25) is 9.52 Å². The van der Waals surface area contributed by atoms with Gasteiger partial charge in [-0.2, -0.15) is 0 Å². The third kappa shape index (κ3) is 5.49. The second-order valence-corrected chi connectivity index (χ2v) is 15.2. The molecule has 2 aliphatic carbocycles. The van der Waals surface area contributed by atoms with Crippen molar-refractivity contribution in [2.75, 3.05) is 37.0 Å². The number of carbonyl (C=O) groups excluding carboxylic acids is 1. The monoisotopic (exact) mass is 584 g/mol. The van der Waals surface area contributed by atoms with E-state index in [2.05, 4.69) is 27.6 Å². The second kappa shape index (κ2) is 11.2. The van der Waals surface area contributed by atoms with E-state index in [-0.39, 0.29) is 23.8 Å². The molecule has 6 rings (SSSR count). The lowest BCUT2D eigenvalue weighted by Gasteiger charge is -2.46. The van der Waals surface area contributed by atoms with E-state index in [0.717, 1.165) is 87.3 Å². The van der Waals surface area contributed by atoms with Crippen molar-refractivity contribution in [1.29, 1.82) is 0 Å². The first-order valence-corrected chi connectivity index (χ1v) is 17.1. The zero-order valence-corrected chi connectivity index (χ0v) is 24.8. The third-order valence-electron chi connectivity index (χ3n) is 9.90. The van der Waals surface area contributed by atoms with E-state index in [4.69, 9.17) is 16.3 Å². The molecule has 0 aromatic heterocycles. The third-order valence-corrected chi connectivity index (χ3v) is 11.6. The van der Waals surface area contributed by atoms with E-state index < -0.39 is 9.71 Å². The SMILES string of the molecule is C=S1(=O)CCCCC[C@@H](CO)[C@@H]2CC[C@H]2CN2C[C@@]3(CCCc4cc(Cl)ccc43)COc3ccc(cc32)C(=O)N1. The quantitative estimate of drug-likeness (QED) is 0.440. The standard InChI is InChI=1S/C32H41ClN2O4S/c1-40(38)15-4-2-3-6-25(19-36)27-11-8-24(27)18-35-20-32(14-5-7-22-16-26(33)10-12-28(22)32)21-39-30-13-9-23(17-29(30)35)31(37)34-40/h9-10,12-13,16-17,24-25,27,36H,1-8,11,14-15,18-21H2,(H,34,37,38)/t24-,25-,27+,32-,40?/m0/s1. The lowest BCUT2D eigenvalue weighted by Crippen LogP contribution is -2.49. The Labute approximate surface area is 243 Å². The van der Waals surface area contributed by atoms with Gasteiger partial charge in [-0.05, 0) is 110 Å². The van der Waals surface area contributed by atoms with Crippen molar-refractivity contribution in [2.24, 2.45) is 17.8 Å². The predicted molar refractivity (Wildman–Crippen MR) is 163 cm³/mol. The van der Waals surface area contributed by atoms with Crippen LogP contribution in [0.2, 0.25) is 5.02 Å². The van der Waals surface area contributed by atoms with Gasteiger partial charge in [0.25, 0.3) is 5.91 Å². The van der Waals surface area contributed by atoms with Crippen molar-refractivity contribution in [3.8, 4) is 5.75 Å². The highest BCUT2D eigenvalue weighted by Gasteiger charge is 2.44. The number of fused-ring (bicyclic) bond motifs is 4. The van der Waals surface area contributed by atoms with Crippen molar-refractivity contribution in [3.63, 3.8) is 0 Å². The van der Waals surface area contributed by atoms with Gasteiger partial charge in [0, 0.05) is 51.2 Å². The summed E-state index contributed by atoms with van der Waals surface area (Å²) in [5.74, 6) is 5.90. The van der Waals surface area contributed by atoms with E-state index in [1.165, 1.54) is 11.1 Å². The molecule has 8 heteroatoms. The average molecular weight is 585 g/mol. The maximum Gasteiger partial charge on any atom is 0.262 e. The van der Waals surface area contributed by atoms with Crippen LogP contribution in [0.5, 0.6) is 5.75 Å². The molecule has 2 heterocycles. The lowest BCUT2D eigenvalue weighted by molar-refractivity contribution is 0.0575. The maximum atomic E-state index is 13.3. The summed E-state index contributed by atoms with van der Waals surface area (Å²) in [4.78, 5) is 15.7. The van der Waals surface area contributed by atoms with Crippen molar-refractivity contribution >= 4 is 38.8 Å². The minimum atomic E-state index is -2.74. The molecule has 1 fully saturated rings. The Morgan fingerprint density at radius 3 is 2.80 bits per heavy atom. The summed E-state index contributed by atoms with van der Waals surface area (Å²) < 4.78 is 22.4. The van der Waals surface area contributed by atoms with Gasteiger partial charge in [-0.15, -0.1) is 0 Å². The number of carbonyl (C=O) groups is 1. The van der Waals surface area contributed by atoms with Crippen LogP contribution >= 0.6 is 11.6 Å². The number of halogens is 1. The van der Waals surface area contributed by atoms with Gasteiger partial charge in [0.2, 0.25) is 0 Å². The Balaban J connectivity index is 1.41. The Morgan fingerprint density at radius 2 is 2.00 bits per heavy atom. The summed E-state index contributed by atoms with van der Waals surface area (Å²) >= 11 is 6.40. The van der Waals surface area contributed by atoms with Crippen LogP contribution in [0.25, 0.3) is 0 Å². The van der Waals surface area contributed by atoms with Crippen LogP contribution in [-0.2, 0) is 21.5 Å². The molecule has 2 aliphatic heterocycles. The number of rotatable bonds is 1. The van der Waals surface area contributed by atoms with Crippen LogP contribution in [0.1, 0.15) is 72.9 Å². The second-order valence-electron chi connectivity index (χ2n) is 12.5. The summed E-state index contributed by atoms with van der Waals surface area (Å²) in [5, 5.41) is 11.1. The van der Waals surface area contributed by atoms with Crippen LogP contribution in [0.15, 0.2) is 36.4 Å². The number of aliphatic hydroxyl groups excluding tert-OH is 1. The van der Waals surface area contributed by atoms with Crippen LogP contribution in [0, 0.1) is 17.8 Å². The van der Waals surface area contributed by atoms with Crippen LogP contribution in [0.4, 0.5) is 5.69 Å². The minimum Gasteiger partial charge on any atom is -0.490 e. The Bertz CT molecular complexity index is 1380. The molecule has 2 aromatic rings. The first-order valence-electron chi connectivity index (χ1n) is 14.9. The van der Waals surface area contributed by atoms with Gasteiger partial charge >= 0.3 is 0 Å². The first kappa shape index (κ1) is 27.9. The minimum absolute atomic E-state index is 0.183. The largest absolute Gasteiger partial charge is 0.490 e. The van der Waals surface area contributed by atoms with Crippen LogP contribution < -0.4 is 14.4 Å². The molecule has 4 aliphatic rings. The normalized spacial score (nSPS) is 32.6. The smallest absolute Gasteiger partial charge is 0.262 e. The summed E-state index contributed by atoms with van der Waals surface area (Å²) in [7, 11) is -2.74. The number of ether oxygens (including phenoxy) is 1. The molecular weight excluding hydrogens is 544 g/mol. The van der Waals surface area contributed by atoms with Gasteiger partial charge in [-0.1, -0.05) is 30.5 Å². The molecule has 1 spiro atoms. The maximum absolute atomic E-state index is 13.3. The van der Waals surface area contributed by atoms with Gasteiger partial charge < -0.3 is 14.7 Å².